The summed E-state index contributed by atoms with van der Waals surface area (Å²) in [7, 11) is 0. The smallest absolute Gasteiger partial charge is 0.00818 e. The average Bonchev–Trinajstić information content (AvgIpc) is 3.13. The highest BCUT2D eigenvalue weighted by atomic mass is 15.1. The topological polar surface area (TPSA) is 15.3 Å². The van der Waals surface area contributed by atoms with Crippen molar-refractivity contribution < 1.29 is 0 Å². The molecule has 94 valence electrons. The third kappa shape index (κ3) is 3.21. The second kappa shape index (κ2) is 5.50. The van der Waals surface area contributed by atoms with Crippen LogP contribution < -0.4 is 5.32 Å². The van der Waals surface area contributed by atoms with Crippen molar-refractivity contribution in [2.24, 2.45) is 11.8 Å². The number of nitrogens with one attached hydrogen (secondary N) is 1. The molecule has 3 atom stereocenters. The number of rotatable bonds is 5. The highest BCUT2D eigenvalue weighted by Gasteiger charge is 2.31. The van der Waals surface area contributed by atoms with Gasteiger partial charge in [0, 0.05) is 18.6 Å². The third-order valence-electron chi connectivity index (χ3n) is 4.55. The fraction of sp³-hybridized carbons (Fsp3) is 1.00. The van der Waals surface area contributed by atoms with Crippen LogP contribution in [-0.2, 0) is 0 Å². The first-order valence-electron chi connectivity index (χ1n) is 7.19. The van der Waals surface area contributed by atoms with Gasteiger partial charge in [-0.05, 0) is 64.5 Å². The predicted octanol–water partition coefficient (Wildman–Crippen LogP) is 2.49. The summed E-state index contributed by atoms with van der Waals surface area (Å²) in [5.74, 6) is 1.85. The van der Waals surface area contributed by atoms with Crippen molar-refractivity contribution in [2.75, 3.05) is 19.6 Å². The second-order valence-corrected chi connectivity index (χ2v) is 5.88. The van der Waals surface area contributed by atoms with Crippen molar-refractivity contribution >= 4 is 0 Å². The zero-order valence-corrected chi connectivity index (χ0v) is 11.2. The van der Waals surface area contributed by atoms with E-state index in [9.17, 15) is 0 Å². The lowest BCUT2D eigenvalue weighted by molar-refractivity contribution is 0.152. The fourth-order valence-electron chi connectivity index (χ4n) is 3.07. The Bertz CT molecular complexity index is 213. The lowest BCUT2D eigenvalue weighted by Gasteiger charge is -2.36. The molecule has 0 radical (unpaired) electrons. The Kier molecular flexibility index (Phi) is 4.26. The molecule has 1 saturated carbocycles. The summed E-state index contributed by atoms with van der Waals surface area (Å²) in [5.41, 5.74) is 0. The predicted molar refractivity (Wildman–Crippen MR) is 69.6 cm³/mol. The van der Waals surface area contributed by atoms with E-state index < -0.39 is 0 Å². The van der Waals surface area contributed by atoms with E-state index in [1.807, 2.05) is 0 Å². The van der Waals surface area contributed by atoms with Gasteiger partial charge in [0.15, 0.2) is 0 Å². The Morgan fingerprint density at radius 3 is 2.44 bits per heavy atom. The summed E-state index contributed by atoms with van der Waals surface area (Å²) < 4.78 is 0. The lowest BCUT2D eigenvalue weighted by atomic mass is 9.91. The Morgan fingerprint density at radius 2 is 1.81 bits per heavy atom. The fourth-order valence-corrected chi connectivity index (χ4v) is 3.07. The van der Waals surface area contributed by atoms with Crippen LogP contribution in [0.25, 0.3) is 0 Å². The molecule has 2 aliphatic rings. The molecule has 0 bridgehead atoms. The van der Waals surface area contributed by atoms with Gasteiger partial charge in [0.05, 0.1) is 0 Å². The summed E-state index contributed by atoms with van der Waals surface area (Å²) in [6.07, 6.45) is 5.71. The van der Waals surface area contributed by atoms with Crippen LogP contribution in [0.2, 0.25) is 0 Å². The molecule has 2 nitrogen and oxygen atoms in total. The number of piperidine rings is 1. The van der Waals surface area contributed by atoms with Crippen LogP contribution in [0, 0.1) is 11.8 Å². The summed E-state index contributed by atoms with van der Waals surface area (Å²) in [4.78, 5) is 2.61. The van der Waals surface area contributed by atoms with E-state index in [1.165, 1.54) is 45.3 Å². The largest absolute Gasteiger partial charge is 0.311 e. The molecule has 3 unspecified atom stereocenters. The molecule has 1 saturated heterocycles. The maximum absolute atomic E-state index is 3.83. The maximum Gasteiger partial charge on any atom is 0.00818 e. The highest BCUT2D eigenvalue weighted by Crippen LogP contribution is 2.33. The van der Waals surface area contributed by atoms with Gasteiger partial charge in [-0.3, -0.25) is 0 Å². The molecule has 16 heavy (non-hydrogen) atoms. The van der Waals surface area contributed by atoms with Crippen LogP contribution in [-0.4, -0.2) is 36.6 Å². The monoisotopic (exact) mass is 224 g/mol. The minimum absolute atomic E-state index is 0.699. The first-order valence-corrected chi connectivity index (χ1v) is 7.19. The normalized spacial score (nSPS) is 31.3. The van der Waals surface area contributed by atoms with E-state index in [0.29, 0.717) is 6.04 Å². The number of hydrogen-bond acceptors (Lipinski definition) is 2. The molecule has 2 fully saturated rings. The molecule has 0 spiro atoms. The molecule has 1 aliphatic heterocycles. The van der Waals surface area contributed by atoms with Gasteiger partial charge in [0.2, 0.25) is 0 Å². The van der Waals surface area contributed by atoms with E-state index in [1.54, 1.807) is 0 Å². The van der Waals surface area contributed by atoms with E-state index >= 15 is 0 Å². The minimum atomic E-state index is 0.699. The van der Waals surface area contributed by atoms with E-state index in [2.05, 4.69) is 31.0 Å². The SMILES string of the molecule is CCN1CCCC(C(C)NC(C)C2CC2)C1. The van der Waals surface area contributed by atoms with Crippen LogP contribution in [0.5, 0.6) is 0 Å². The Balaban J connectivity index is 1.76. The van der Waals surface area contributed by atoms with Crippen LogP contribution in [0.1, 0.15) is 46.5 Å². The van der Waals surface area contributed by atoms with Gasteiger partial charge in [0.1, 0.15) is 0 Å². The van der Waals surface area contributed by atoms with Crippen molar-refractivity contribution in [2.45, 2.75) is 58.5 Å². The van der Waals surface area contributed by atoms with Gasteiger partial charge in [0.25, 0.3) is 0 Å². The van der Waals surface area contributed by atoms with Crippen molar-refractivity contribution in [1.29, 1.82) is 0 Å². The third-order valence-corrected chi connectivity index (χ3v) is 4.55. The van der Waals surface area contributed by atoms with Crippen molar-refractivity contribution in [3.63, 3.8) is 0 Å². The van der Waals surface area contributed by atoms with Crippen LogP contribution in [0.3, 0.4) is 0 Å². The molecule has 0 amide bonds. The Labute approximate surface area is 101 Å². The standard InChI is InChI=1S/C14H28N2/c1-4-16-9-5-6-14(10-16)12(3)15-11(2)13-7-8-13/h11-15H,4-10H2,1-3H3. The van der Waals surface area contributed by atoms with Crippen molar-refractivity contribution in [3.05, 3.63) is 0 Å². The molecule has 0 aromatic heterocycles. The van der Waals surface area contributed by atoms with E-state index in [-0.39, 0.29) is 0 Å². The van der Waals surface area contributed by atoms with Crippen molar-refractivity contribution in [3.8, 4) is 0 Å². The van der Waals surface area contributed by atoms with Crippen LogP contribution in [0.4, 0.5) is 0 Å². The average molecular weight is 224 g/mol. The molecule has 2 heteroatoms. The Hall–Kier alpha value is -0.0800. The second-order valence-electron chi connectivity index (χ2n) is 5.88. The molecule has 1 aliphatic carbocycles. The molecular weight excluding hydrogens is 196 g/mol. The number of likely N-dealkylation sites (tertiary alicyclic amines) is 1. The molecule has 0 aromatic rings. The summed E-state index contributed by atoms with van der Waals surface area (Å²) in [6, 6.07) is 1.44. The first-order chi connectivity index (χ1) is 7.70. The summed E-state index contributed by atoms with van der Waals surface area (Å²) >= 11 is 0. The highest BCUT2D eigenvalue weighted by molar-refractivity contribution is 4.87. The number of hydrogen-bond donors (Lipinski definition) is 1. The quantitative estimate of drug-likeness (QED) is 0.772. The molecule has 0 aromatic carbocycles. The van der Waals surface area contributed by atoms with E-state index in [0.717, 1.165) is 17.9 Å². The zero-order valence-electron chi connectivity index (χ0n) is 11.2. The van der Waals surface area contributed by atoms with Gasteiger partial charge in [-0.1, -0.05) is 6.92 Å². The Morgan fingerprint density at radius 1 is 1.12 bits per heavy atom. The summed E-state index contributed by atoms with van der Waals surface area (Å²) in [5, 5.41) is 3.83. The van der Waals surface area contributed by atoms with Gasteiger partial charge in [-0.15, -0.1) is 0 Å². The molecule has 1 heterocycles. The molecule has 1 N–H and O–H groups in total. The zero-order chi connectivity index (χ0) is 11.5. The first kappa shape index (κ1) is 12.4. The molecule has 2 rings (SSSR count). The van der Waals surface area contributed by atoms with Crippen molar-refractivity contribution in [1.82, 2.24) is 10.2 Å². The van der Waals surface area contributed by atoms with Crippen LogP contribution >= 0.6 is 0 Å². The summed E-state index contributed by atoms with van der Waals surface area (Å²) in [6.45, 7) is 10.9. The van der Waals surface area contributed by atoms with Gasteiger partial charge < -0.3 is 10.2 Å². The van der Waals surface area contributed by atoms with Gasteiger partial charge in [-0.25, -0.2) is 0 Å². The number of nitrogens with zero attached hydrogens (tertiary/aromatic N) is 1. The maximum atomic E-state index is 3.83. The molecular formula is C14H28N2. The van der Waals surface area contributed by atoms with Gasteiger partial charge in [-0.2, -0.15) is 0 Å². The van der Waals surface area contributed by atoms with E-state index in [4.69, 9.17) is 0 Å². The van der Waals surface area contributed by atoms with Crippen LogP contribution in [0.15, 0.2) is 0 Å². The lowest BCUT2D eigenvalue weighted by Crippen LogP contribution is -2.47. The minimum Gasteiger partial charge on any atom is -0.311 e. The van der Waals surface area contributed by atoms with Gasteiger partial charge >= 0.3 is 0 Å².